The van der Waals surface area contributed by atoms with Crippen molar-refractivity contribution in [1.82, 2.24) is 14.3 Å². The van der Waals surface area contributed by atoms with E-state index in [1.54, 1.807) is 16.9 Å². The minimum Gasteiger partial charge on any atom is -0.321 e. The molecule has 5 rings (SSSR count). The number of nitrogens with one attached hydrogen (secondary N) is 1. The molecule has 34 heavy (non-hydrogen) atoms. The lowest BCUT2D eigenvalue weighted by atomic mass is 9.92. The van der Waals surface area contributed by atoms with E-state index in [1.807, 2.05) is 12.3 Å². The van der Waals surface area contributed by atoms with Crippen LogP contribution in [0.15, 0.2) is 41.4 Å². The normalized spacial score (nSPS) is 18.0. The fraction of sp³-hybridized carbons (Fsp3) is 0.417. The Hall–Kier alpha value is -2.90. The van der Waals surface area contributed by atoms with Crippen molar-refractivity contribution in [1.29, 1.82) is 5.26 Å². The van der Waals surface area contributed by atoms with Crippen LogP contribution in [0, 0.1) is 11.3 Å². The van der Waals surface area contributed by atoms with Gasteiger partial charge < -0.3 is 4.57 Å². The maximum atomic E-state index is 12.8. The van der Waals surface area contributed by atoms with Crippen molar-refractivity contribution in [2.45, 2.75) is 68.1 Å². The van der Waals surface area contributed by atoms with Crippen molar-refractivity contribution in [3.8, 4) is 17.3 Å². The molecular weight excluding hydrogens is 465 g/mol. The van der Waals surface area contributed by atoms with E-state index < -0.39 is 22.2 Å². The lowest BCUT2D eigenvalue weighted by Gasteiger charge is -2.29. The summed E-state index contributed by atoms with van der Waals surface area (Å²) in [6, 6.07) is 7.96. The third kappa shape index (κ3) is 3.97. The van der Waals surface area contributed by atoms with E-state index in [9.17, 15) is 26.9 Å². The summed E-state index contributed by atoms with van der Waals surface area (Å²) in [5, 5.41) is 10.8. The zero-order valence-electron chi connectivity index (χ0n) is 18.4. The fourth-order valence-electron chi connectivity index (χ4n) is 4.40. The zero-order valence-corrected chi connectivity index (χ0v) is 19.2. The van der Waals surface area contributed by atoms with E-state index in [4.69, 9.17) is 4.98 Å². The first-order valence-corrected chi connectivity index (χ1v) is 12.7. The van der Waals surface area contributed by atoms with Crippen LogP contribution in [-0.2, 0) is 10.0 Å². The fourth-order valence-corrected chi connectivity index (χ4v) is 5.63. The van der Waals surface area contributed by atoms with Gasteiger partial charge in [0.15, 0.2) is 0 Å². The maximum absolute atomic E-state index is 12.8. The number of rotatable bonds is 6. The average molecular weight is 489 g/mol. The van der Waals surface area contributed by atoms with Crippen molar-refractivity contribution >= 4 is 21.1 Å². The molecule has 0 bridgehead atoms. The van der Waals surface area contributed by atoms with Crippen molar-refractivity contribution in [2.24, 2.45) is 0 Å². The number of aromatic nitrogens is 2. The molecular formula is C24H23F3N4O2S. The number of halogens is 3. The number of fused-ring (bicyclic) bond motifs is 1. The maximum Gasteiger partial charge on any atom is 0.404 e. The number of nitrogens with zero attached hydrogens (tertiary/aromatic N) is 3. The van der Waals surface area contributed by atoms with Crippen LogP contribution < -0.4 is 4.72 Å². The molecule has 178 valence electrons. The van der Waals surface area contributed by atoms with Crippen LogP contribution in [0.3, 0.4) is 0 Å². The number of hydrogen-bond donors (Lipinski definition) is 1. The van der Waals surface area contributed by atoms with Gasteiger partial charge in [-0.2, -0.15) is 23.2 Å². The molecule has 1 aromatic carbocycles. The van der Waals surface area contributed by atoms with Crippen LogP contribution in [0.4, 0.5) is 13.2 Å². The van der Waals surface area contributed by atoms with Gasteiger partial charge in [0.2, 0.25) is 10.0 Å². The molecule has 0 unspecified atom stereocenters. The smallest absolute Gasteiger partial charge is 0.321 e. The quantitative estimate of drug-likeness (QED) is 0.503. The molecule has 2 aliphatic carbocycles. The average Bonchev–Trinajstić information content (AvgIpc) is 3.55. The number of hydrogen-bond acceptors (Lipinski definition) is 4. The first-order valence-electron chi connectivity index (χ1n) is 11.2. The lowest BCUT2D eigenvalue weighted by Crippen LogP contribution is -2.42. The van der Waals surface area contributed by atoms with Gasteiger partial charge in [0.1, 0.15) is 17.8 Å². The molecule has 6 nitrogen and oxygen atoms in total. The van der Waals surface area contributed by atoms with Crippen LogP contribution in [0.1, 0.15) is 62.1 Å². The minimum atomic E-state index is -4.69. The van der Waals surface area contributed by atoms with Gasteiger partial charge in [-0.1, -0.05) is 12.1 Å². The molecule has 2 fully saturated rings. The minimum absolute atomic E-state index is 0.191. The Labute approximate surface area is 195 Å². The Morgan fingerprint density at radius 2 is 1.85 bits per heavy atom. The monoisotopic (exact) mass is 488 g/mol. The largest absolute Gasteiger partial charge is 0.404 e. The van der Waals surface area contributed by atoms with Crippen LogP contribution >= 0.6 is 0 Å². The second kappa shape index (κ2) is 8.10. The Morgan fingerprint density at radius 3 is 2.38 bits per heavy atom. The van der Waals surface area contributed by atoms with E-state index in [2.05, 4.69) is 10.6 Å². The Kier molecular flexibility index (Phi) is 5.45. The van der Waals surface area contributed by atoms with Gasteiger partial charge in [-0.05, 0) is 74.3 Å². The molecule has 3 aromatic rings. The summed E-state index contributed by atoms with van der Waals surface area (Å²) in [5.74, 6) is 0.482. The molecule has 0 saturated heterocycles. The molecule has 1 atom stereocenters. The predicted molar refractivity (Wildman–Crippen MR) is 121 cm³/mol. The summed E-state index contributed by atoms with van der Waals surface area (Å²) in [4.78, 5) is 4.44. The van der Waals surface area contributed by atoms with Crippen LogP contribution in [0.25, 0.3) is 22.3 Å². The van der Waals surface area contributed by atoms with Gasteiger partial charge in [0.25, 0.3) is 0 Å². The van der Waals surface area contributed by atoms with Crippen molar-refractivity contribution in [2.75, 3.05) is 0 Å². The summed E-state index contributed by atoms with van der Waals surface area (Å²) in [7, 11) is -4.36. The Balaban J connectivity index is 1.58. The first kappa shape index (κ1) is 22.9. The van der Waals surface area contributed by atoms with Crippen molar-refractivity contribution in [3.05, 3.63) is 47.7 Å². The van der Waals surface area contributed by atoms with Gasteiger partial charge in [-0.3, -0.25) is 0 Å². The number of sulfonamides is 1. The third-order valence-corrected chi connectivity index (χ3v) is 8.28. The summed E-state index contributed by atoms with van der Waals surface area (Å²) in [6.07, 6.45) is 2.41. The van der Waals surface area contributed by atoms with E-state index >= 15 is 0 Å². The van der Waals surface area contributed by atoms with Gasteiger partial charge in [-0.25, -0.2) is 13.4 Å². The number of benzene rings is 1. The standard InChI is InChI=1S/C24H23F3N4O2S/c1-14(24(25,26)27)30-34(32,33)19-9-7-16(8-10-19)22-21(12-28)20-11-17(15-5-6-15)13-29-23(20)31(22)18-3-2-4-18/h7-11,13-15,18,30H,2-6H2,1H3/t14-/m1/s1. The number of nitriles is 1. The molecule has 0 radical (unpaired) electrons. The first-order chi connectivity index (χ1) is 16.1. The second-order valence-electron chi connectivity index (χ2n) is 9.11. The van der Waals surface area contributed by atoms with Gasteiger partial charge in [-0.15, -0.1) is 0 Å². The van der Waals surface area contributed by atoms with E-state index in [1.165, 1.54) is 12.1 Å². The summed E-state index contributed by atoms with van der Waals surface area (Å²) >= 11 is 0. The third-order valence-electron chi connectivity index (χ3n) is 6.72. The van der Waals surface area contributed by atoms with Crippen molar-refractivity contribution in [3.63, 3.8) is 0 Å². The van der Waals surface area contributed by atoms with Crippen LogP contribution in [0.2, 0.25) is 0 Å². The molecule has 2 saturated carbocycles. The molecule has 0 spiro atoms. The Morgan fingerprint density at radius 1 is 1.18 bits per heavy atom. The molecule has 1 N–H and O–H groups in total. The summed E-state index contributed by atoms with van der Waals surface area (Å²) in [6.45, 7) is 0.755. The lowest BCUT2D eigenvalue weighted by molar-refractivity contribution is -0.147. The highest BCUT2D eigenvalue weighted by Crippen LogP contribution is 2.45. The SMILES string of the molecule is C[C@@H](NS(=O)(=O)c1ccc(-c2c(C#N)c3cc(C4CC4)cnc3n2C2CCC2)cc1)C(F)(F)F. The predicted octanol–water partition coefficient (Wildman–Crippen LogP) is 5.41. The molecule has 2 aromatic heterocycles. The number of alkyl halides is 3. The second-order valence-corrected chi connectivity index (χ2v) is 10.8. The highest BCUT2D eigenvalue weighted by atomic mass is 32.2. The summed E-state index contributed by atoms with van der Waals surface area (Å²) < 4.78 is 67.2. The molecule has 2 aliphatic rings. The highest BCUT2D eigenvalue weighted by Gasteiger charge is 2.39. The molecule has 0 aliphatic heterocycles. The molecule has 2 heterocycles. The molecule has 10 heteroatoms. The molecule has 0 amide bonds. The van der Waals surface area contributed by atoms with Gasteiger partial charge >= 0.3 is 6.18 Å². The van der Waals surface area contributed by atoms with E-state index in [0.717, 1.165) is 55.6 Å². The van der Waals surface area contributed by atoms with Crippen molar-refractivity contribution < 1.29 is 21.6 Å². The van der Waals surface area contributed by atoms with E-state index in [0.29, 0.717) is 22.7 Å². The zero-order chi connectivity index (χ0) is 24.3. The van der Waals surface area contributed by atoms with Crippen LogP contribution in [0.5, 0.6) is 0 Å². The van der Waals surface area contributed by atoms with Gasteiger partial charge in [0.05, 0.1) is 16.2 Å². The highest BCUT2D eigenvalue weighted by molar-refractivity contribution is 7.89. The van der Waals surface area contributed by atoms with Gasteiger partial charge in [0, 0.05) is 17.6 Å². The topological polar surface area (TPSA) is 87.8 Å². The van der Waals surface area contributed by atoms with Crippen LogP contribution in [-0.4, -0.2) is 30.2 Å². The summed E-state index contributed by atoms with van der Waals surface area (Å²) in [5.41, 5.74) is 3.63. The number of pyridine rings is 1. The Bertz CT molecular complexity index is 1400. The van der Waals surface area contributed by atoms with E-state index in [-0.39, 0.29) is 10.9 Å².